The fourth-order valence-corrected chi connectivity index (χ4v) is 5.12. The fraction of sp³-hybridized carbons (Fsp3) is 0.185. The van der Waals surface area contributed by atoms with Crippen molar-refractivity contribution in [2.45, 2.75) is 25.9 Å². The molecule has 166 valence electrons. The number of hydrogen-bond donors (Lipinski definition) is 0. The highest BCUT2D eigenvalue weighted by atomic mass is 35.5. The first-order valence-electron chi connectivity index (χ1n) is 10.6. The van der Waals surface area contributed by atoms with Gasteiger partial charge in [-0.2, -0.15) is 5.26 Å². The minimum Gasteiger partial charge on any atom is -0.457 e. The molecule has 2 atom stereocenters. The maximum absolute atomic E-state index is 13.2. The van der Waals surface area contributed by atoms with Crippen LogP contribution in [0.2, 0.25) is 5.02 Å². The average molecular weight is 476 g/mol. The van der Waals surface area contributed by atoms with Crippen molar-refractivity contribution in [3.63, 3.8) is 0 Å². The number of carbonyl (C=O) groups is 1. The number of fused-ring (bicyclic) bond motifs is 1. The molecule has 0 saturated heterocycles. The van der Waals surface area contributed by atoms with E-state index in [2.05, 4.69) is 6.07 Å². The van der Waals surface area contributed by atoms with Gasteiger partial charge in [-0.1, -0.05) is 55.8 Å². The third-order valence-electron chi connectivity index (χ3n) is 5.22. The summed E-state index contributed by atoms with van der Waals surface area (Å²) >= 11 is 7.66. The molecule has 3 aromatic carbocycles. The van der Waals surface area contributed by atoms with E-state index in [4.69, 9.17) is 21.1 Å². The number of thiophene rings is 1. The van der Waals surface area contributed by atoms with E-state index in [0.29, 0.717) is 22.1 Å². The van der Waals surface area contributed by atoms with Gasteiger partial charge in [0, 0.05) is 20.2 Å². The Morgan fingerprint density at radius 2 is 1.73 bits per heavy atom. The zero-order valence-corrected chi connectivity index (χ0v) is 19.8. The summed E-state index contributed by atoms with van der Waals surface area (Å²) in [6.45, 7) is 3.94. The van der Waals surface area contributed by atoms with Gasteiger partial charge in [0.15, 0.2) is 0 Å². The first kappa shape index (κ1) is 22.8. The number of nitriles is 1. The molecule has 0 aliphatic rings. The highest BCUT2D eigenvalue weighted by Crippen LogP contribution is 2.37. The molecule has 0 spiro atoms. The second kappa shape index (κ2) is 10.1. The molecule has 0 aliphatic carbocycles. The Labute approximate surface area is 202 Å². The van der Waals surface area contributed by atoms with Gasteiger partial charge >= 0.3 is 5.97 Å². The normalized spacial score (nSPS) is 12.8. The summed E-state index contributed by atoms with van der Waals surface area (Å²) < 4.78 is 12.6. The molecule has 33 heavy (non-hydrogen) atoms. The molecule has 1 heterocycles. The van der Waals surface area contributed by atoms with Crippen molar-refractivity contribution in [2.24, 2.45) is 5.92 Å². The van der Waals surface area contributed by atoms with E-state index >= 15 is 0 Å². The van der Waals surface area contributed by atoms with E-state index < -0.39 is 18.0 Å². The average Bonchev–Trinajstić information content (AvgIpc) is 3.20. The second-order valence-electron chi connectivity index (χ2n) is 7.99. The smallest absolute Gasteiger partial charge is 0.316 e. The summed E-state index contributed by atoms with van der Waals surface area (Å²) in [7, 11) is 0. The highest BCUT2D eigenvalue weighted by Gasteiger charge is 2.30. The third kappa shape index (κ3) is 5.36. The maximum Gasteiger partial charge on any atom is 0.316 e. The monoisotopic (exact) mass is 475 g/mol. The van der Waals surface area contributed by atoms with E-state index in [0.717, 1.165) is 15.0 Å². The molecular formula is C27H22ClNO3S. The van der Waals surface area contributed by atoms with E-state index in [9.17, 15) is 10.1 Å². The second-order valence-corrected chi connectivity index (χ2v) is 9.54. The topological polar surface area (TPSA) is 59.3 Å². The van der Waals surface area contributed by atoms with Crippen molar-refractivity contribution in [3.8, 4) is 17.6 Å². The van der Waals surface area contributed by atoms with Crippen LogP contribution < -0.4 is 4.74 Å². The van der Waals surface area contributed by atoms with Gasteiger partial charge in [-0.05, 0) is 59.8 Å². The summed E-state index contributed by atoms with van der Waals surface area (Å²) in [5.74, 6) is 0.333. The van der Waals surface area contributed by atoms with Crippen LogP contribution in [0.1, 0.15) is 36.3 Å². The van der Waals surface area contributed by atoms with Crippen molar-refractivity contribution in [1.29, 1.82) is 5.26 Å². The lowest BCUT2D eigenvalue weighted by Gasteiger charge is -2.20. The van der Waals surface area contributed by atoms with E-state index in [-0.39, 0.29) is 5.92 Å². The van der Waals surface area contributed by atoms with E-state index in [1.54, 1.807) is 35.6 Å². The van der Waals surface area contributed by atoms with Crippen LogP contribution in [-0.4, -0.2) is 5.97 Å². The molecule has 1 aromatic heterocycles. The largest absolute Gasteiger partial charge is 0.457 e. The standard InChI is InChI=1S/C27H22ClNO3S/c1-17(2)26(25-15-19-13-20(28)11-12-24(19)33-25)27(30)32-23(16-29)18-7-6-10-22(14-18)31-21-8-4-3-5-9-21/h3-15,17,23,26H,1-2H3. The summed E-state index contributed by atoms with van der Waals surface area (Å²) in [5.41, 5.74) is 0.560. The van der Waals surface area contributed by atoms with Gasteiger partial charge in [0.2, 0.25) is 6.10 Å². The predicted molar refractivity (Wildman–Crippen MR) is 132 cm³/mol. The van der Waals surface area contributed by atoms with Crippen molar-refractivity contribution < 1.29 is 14.3 Å². The van der Waals surface area contributed by atoms with Gasteiger partial charge in [0.25, 0.3) is 0 Å². The van der Waals surface area contributed by atoms with Crippen LogP contribution in [-0.2, 0) is 9.53 Å². The Hall–Kier alpha value is -3.33. The number of carbonyl (C=O) groups excluding carboxylic acids is 1. The van der Waals surface area contributed by atoms with Gasteiger partial charge in [0.1, 0.15) is 17.6 Å². The number of nitrogens with zero attached hydrogens (tertiary/aromatic N) is 1. The van der Waals surface area contributed by atoms with Crippen molar-refractivity contribution in [2.75, 3.05) is 0 Å². The first-order chi connectivity index (χ1) is 15.9. The van der Waals surface area contributed by atoms with Crippen molar-refractivity contribution >= 4 is 39.0 Å². The number of benzene rings is 3. The minimum absolute atomic E-state index is 0.00637. The SMILES string of the molecule is CC(C)C(C(=O)OC(C#N)c1cccc(Oc2ccccc2)c1)c1cc2cc(Cl)ccc2s1. The van der Waals surface area contributed by atoms with Crippen molar-refractivity contribution in [3.05, 3.63) is 94.3 Å². The Bertz CT molecular complexity index is 1310. The molecule has 2 unspecified atom stereocenters. The Morgan fingerprint density at radius 3 is 2.45 bits per heavy atom. The lowest BCUT2D eigenvalue weighted by atomic mass is 9.94. The molecule has 6 heteroatoms. The summed E-state index contributed by atoms with van der Waals surface area (Å²) in [5, 5.41) is 11.4. The van der Waals surface area contributed by atoms with Crippen LogP contribution in [0.15, 0.2) is 78.9 Å². The molecule has 0 N–H and O–H groups in total. The number of ether oxygens (including phenoxy) is 2. The molecule has 0 bridgehead atoms. The molecule has 0 saturated carbocycles. The third-order valence-corrected chi connectivity index (χ3v) is 6.65. The number of rotatable bonds is 7. The number of hydrogen-bond acceptors (Lipinski definition) is 5. The van der Waals surface area contributed by atoms with Crippen LogP contribution in [0.4, 0.5) is 0 Å². The van der Waals surface area contributed by atoms with Gasteiger partial charge in [-0.15, -0.1) is 11.3 Å². The summed E-state index contributed by atoms with van der Waals surface area (Å²) in [6, 6.07) is 26.2. The number of esters is 1. The molecule has 0 amide bonds. The van der Waals surface area contributed by atoms with Crippen LogP contribution in [0.5, 0.6) is 11.5 Å². The Balaban J connectivity index is 1.55. The van der Waals surface area contributed by atoms with Crippen LogP contribution in [0.25, 0.3) is 10.1 Å². The Morgan fingerprint density at radius 1 is 0.970 bits per heavy atom. The van der Waals surface area contributed by atoms with Gasteiger partial charge in [-0.25, -0.2) is 0 Å². The lowest BCUT2D eigenvalue weighted by Crippen LogP contribution is -2.22. The zero-order valence-electron chi connectivity index (χ0n) is 18.2. The quantitative estimate of drug-likeness (QED) is 0.255. The van der Waals surface area contributed by atoms with Crippen LogP contribution in [0, 0.1) is 17.2 Å². The Kier molecular flexibility index (Phi) is 6.98. The van der Waals surface area contributed by atoms with Gasteiger partial charge < -0.3 is 9.47 Å². The lowest BCUT2D eigenvalue weighted by molar-refractivity contribution is -0.149. The zero-order chi connectivity index (χ0) is 23.4. The van der Waals surface area contributed by atoms with Crippen molar-refractivity contribution in [1.82, 2.24) is 0 Å². The predicted octanol–water partition coefficient (Wildman–Crippen LogP) is 7.89. The summed E-state index contributed by atoms with van der Waals surface area (Å²) in [4.78, 5) is 14.1. The number of para-hydroxylation sites is 1. The first-order valence-corrected chi connectivity index (χ1v) is 11.8. The molecule has 0 radical (unpaired) electrons. The number of halogens is 1. The molecule has 0 fully saturated rings. The molecule has 4 aromatic rings. The highest BCUT2D eigenvalue weighted by molar-refractivity contribution is 7.19. The molecule has 0 aliphatic heterocycles. The minimum atomic E-state index is -1.04. The molecule has 4 rings (SSSR count). The maximum atomic E-state index is 13.2. The fourth-order valence-electron chi connectivity index (χ4n) is 3.63. The summed E-state index contributed by atoms with van der Waals surface area (Å²) in [6.07, 6.45) is -1.04. The van der Waals surface area contributed by atoms with Gasteiger partial charge in [-0.3, -0.25) is 4.79 Å². The van der Waals surface area contributed by atoms with E-state index in [1.807, 2.05) is 68.4 Å². The van der Waals surface area contributed by atoms with Crippen LogP contribution in [0.3, 0.4) is 0 Å². The van der Waals surface area contributed by atoms with E-state index in [1.165, 1.54) is 0 Å². The molecule has 4 nitrogen and oxygen atoms in total. The van der Waals surface area contributed by atoms with Crippen LogP contribution >= 0.6 is 22.9 Å². The van der Waals surface area contributed by atoms with Gasteiger partial charge in [0.05, 0.1) is 5.92 Å². The molecular weight excluding hydrogens is 454 g/mol.